The number of primary amides is 1. The topological polar surface area (TPSA) is 93.9 Å². The molecule has 0 saturated carbocycles. The first-order valence-corrected chi connectivity index (χ1v) is 9.22. The summed E-state index contributed by atoms with van der Waals surface area (Å²) in [5.74, 6) is 0.478. The van der Waals surface area contributed by atoms with Crippen molar-refractivity contribution in [2.24, 2.45) is 11.7 Å². The predicted octanol–water partition coefficient (Wildman–Crippen LogP) is 0.536. The van der Waals surface area contributed by atoms with Crippen LogP contribution in [0.25, 0.3) is 0 Å². The Balaban J connectivity index is 1.51. The zero-order valence-corrected chi connectivity index (χ0v) is 14.9. The van der Waals surface area contributed by atoms with Gasteiger partial charge in [0.05, 0.1) is 25.8 Å². The molecular formula is C19H27N3O4. The van der Waals surface area contributed by atoms with Crippen molar-refractivity contribution in [1.29, 1.82) is 0 Å². The van der Waals surface area contributed by atoms with Gasteiger partial charge in [-0.1, -0.05) is 18.2 Å². The van der Waals surface area contributed by atoms with Gasteiger partial charge in [-0.2, -0.15) is 0 Å². The number of benzene rings is 1. The molecule has 0 unspecified atom stereocenters. The van der Waals surface area contributed by atoms with E-state index in [2.05, 4.69) is 5.32 Å². The third-order valence-corrected chi connectivity index (χ3v) is 4.99. The van der Waals surface area contributed by atoms with E-state index in [-0.39, 0.29) is 36.4 Å². The molecule has 2 atom stereocenters. The lowest BCUT2D eigenvalue weighted by Gasteiger charge is -2.35. The highest BCUT2D eigenvalue weighted by molar-refractivity contribution is 5.79. The number of hydrogen-bond donors (Lipinski definition) is 2. The van der Waals surface area contributed by atoms with E-state index < -0.39 is 0 Å². The summed E-state index contributed by atoms with van der Waals surface area (Å²) in [4.78, 5) is 25.7. The van der Waals surface area contributed by atoms with Crippen molar-refractivity contribution in [2.45, 2.75) is 31.4 Å². The molecule has 2 amide bonds. The summed E-state index contributed by atoms with van der Waals surface area (Å²) in [6.45, 7) is 2.79. The number of rotatable bonds is 6. The van der Waals surface area contributed by atoms with E-state index in [0.29, 0.717) is 26.3 Å². The van der Waals surface area contributed by atoms with Gasteiger partial charge in [-0.25, -0.2) is 0 Å². The van der Waals surface area contributed by atoms with Gasteiger partial charge in [0.25, 0.3) is 0 Å². The monoisotopic (exact) mass is 361 g/mol. The van der Waals surface area contributed by atoms with Gasteiger partial charge >= 0.3 is 0 Å². The van der Waals surface area contributed by atoms with E-state index >= 15 is 0 Å². The van der Waals surface area contributed by atoms with Gasteiger partial charge in [0.2, 0.25) is 11.8 Å². The van der Waals surface area contributed by atoms with Crippen LogP contribution in [0.3, 0.4) is 0 Å². The first kappa shape index (κ1) is 18.7. The molecule has 0 aromatic heterocycles. The number of nitrogens with zero attached hydrogens (tertiary/aromatic N) is 1. The van der Waals surface area contributed by atoms with Gasteiger partial charge in [0.15, 0.2) is 0 Å². The van der Waals surface area contributed by atoms with Crippen molar-refractivity contribution in [1.82, 2.24) is 10.2 Å². The molecule has 7 heteroatoms. The molecular weight excluding hydrogens is 334 g/mol. The molecule has 2 fully saturated rings. The minimum absolute atomic E-state index is 0.0425. The maximum Gasteiger partial charge on any atom is 0.231 e. The summed E-state index contributed by atoms with van der Waals surface area (Å²) >= 11 is 0. The fraction of sp³-hybridized carbons (Fsp3) is 0.579. The van der Waals surface area contributed by atoms with Gasteiger partial charge < -0.3 is 20.5 Å². The molecule has 0 aliphatic carbocycles. The Kier molecular flexibility index (Phi) is 6.46. The van der Waals surface area contributed by atoms with Gasteiger partial charge in [-0.3, -0.25) is 14.5 Å². The van der Waals surface area contributed by atoms with E-state index in [1.165, 1.54) is 0 Å². The third kappa shape index (κ3) is 5.19. The lowest BCUT2D eigenvalue weighted by atomic mass is 9.95. The number of hydrogen-bond acceptors (Lipinski definition) is 5. The second-order valence-electron chi connectivity index (χ2n) is 6.96. The highest BCUT2D eigenvalue weighted by Crippen LogP contribution is 2.20. The number of carbonyl (C=O) groups excluding carboxylic acids is 2. The molecule has 1 aromatic rings. The molecule has 1 aromatic carbocycles. The Morgan fingerprint density at radius 3 is 2.62 bits per heavy atom. The van der Waals surface area contributed by atoms with Crippen molar-refractivity contribution in [3.8, 4) is 5.75 Å². The number of ether oxygens (including phenoxy) is 2. The second kappa shape index (κ2) is 9.00. The van der Waals surface area contributed by atoms with Crippen LogP contribution in [0.4, 0.5) is 0 Å². The van der Waals surface area contributed by atoms with Crippen LogP contribution in [0, 0.1) is 5.92 Å². The molecule has 2 aliphatic heterocycles. The summed E-state index contributed by atoms with van der Waals surface area (Å²) in [6, 6.07) is 9.50. The predicted molar refractivity (Wildman–Crippen MR) is 96.6 cm³/mol. The summed E-state index contributed by atoms with van der Waals surface area (Å²) in [5, 5.41) is 3.12. The van der Waals surface area contributed by atoms with E-state index in [1.54, 1.807) is 0 Å². The van der Waals surface area contributed by atoms with Crippen LogP contribution in [0.15, 0.2) is 30.3 Å². The highest BCUT2D eigenvalue weighted by Gasteiger charge is 2.32. The smallest absolute Gasteiger partial charge is 0.231 e. The van der Waals surface area contributed by atoms with Gasteiger partial charge in [-0.15, -0.1) is 0 Å². The van der Waals surface area contributed by atoms with Crippen molar-refractivity contribution in [2.75, 3.05) is 32.8 Å². The molecule has 0 bridgehead atoms. The standard InChI is InChI=1S/C19H27N3O4/c20-18(23)12-22-9-6-14(7-10-22)19(24)21-16-13-25-11-8-17(16)26-15-4-2-1-3-5-15/h1-5,14,16-17H,6-13H2,(H2,20,23)(H,21,24)/t16-,17+/m1/s1. The lowest BCUT2D eigenvalue weighted by Crippen LogP contribution is -2.54. The Hall–Kier alpha value is -2.12. The summed E-state index contributed by atoms with van der Waals surface area (Å²) in [6.07, 6.45) is 2.12. The molecule has 7 nitrogen and oxygen atoms in total. The van der Waals surface area contributed by atoms with Crippen molar-refractivity contribution in [3.05, 3.63) is 30.3 Å². The lowest BCUT2D eigenvalue weighted by molar-refractivity contribution is -0.129. The Bertz CT molecular complexity index is 602. The van der Waals surface area contributed by atoms with Crippen molar-refractivity contribution in [3.63, 3.8) is 0 Å². The van der Waals surface area contributed by atoms with Crippen LogP contribution in [0.2, 0.25) is 0 Å². The summed E-state index contributed by atoms with van der Waals surface area (Å²) < 4.78 is 11.6. The van der Waals surface area contributed by atoms with Gasteiger partial charge in [-0.05, 0) is 38.1 Å². The zero-order valence-electron chi connectivity index (χ0n) is 14.9. The molecule has 26 heavy (non-hydrogen) atoms. The molecule has 2 heterocycles. The normalized spacial score (nSPS) is 24.8. The average Bonchev–Trinajstić information content (AvgIpc) is 2.64. The van der Waals surface area contributed by atoms with Crippen LogP contribution in [-0.2, 0) is 14.3 Å². The number of carbonyl (C=O) groups is 2. The molecule has 2 aliphatic rings. The highest BCUT2D eigenvalue weighted by atomic mass is 16.5. The van der Waals surface area contributed by atoms with Crippen molar-refractivity contribution < 1.29 is 19.1 Å². The summed E-state index contributed by atoms with van der Waals surface area (Å²) in [5.41, 5.74) is 5.23. The molecule has 142 valence electrons. The fourth-order valence-electron chi connectivity index (χ4n) is 3.54. The number of para-hydroxylation sites is 1. The number of nitrogens with two attached hydrogens (primary N) is 1. The minimum Gasteiger partial charge on any atom is -0.488 e. The number of amides is 2. The van der Waals surface area contributed by atoms with E-state index in [1.807, 2.05) is 35.2 Å². The minimum atomic E-state index is -0.326. The molecule has 3 N–H and O–H groups in total. The Labute approximate surface area is 153 Å². The Morgan fingerprint density at radius 2 is 1.92 bits per heavy atom. The molecule has 0 radical (unpaired) electrons. The van der Waals surface area contributed by atoms with Crippen LogP contribution in [0.1, 0.15) is 19.3 Å². The molecule has 0 spiro atoms. The van der Waals surface area contributed by atoms with Crippen LogP contribution < -0.4 is 15.8 Å². The first-order valence-electron chi connectivity index (χ1n) is 9.22. The van der Waals surface area contributed by atoms with Crippen molar-refractivity contribution >= 4 is 11.8 Å². The van der Waals surface area contributed by atoms with Gasteiger partial charge in [0, 0.05) is 12.3 Å². The van der Waals surface area contributed by atoms with E-state index in [4.69, 9.17) is 15.2 Å². The third-order valence-electron chi connectivity index (χ3n) is 4.99. The molecule has 2 saturated heterocycles. The van der Waals surface area contributed by atoms with Crippen LogP contribution >= 0.6 is 0 Å². The SMILES string of the molecule is NC(=O)CN1CCC(C(=O)N[C@@H]2COCC[C@@H]2Oc2ccccc2)CC1. The second-order valence-corrected chi connectivity index (χ2v) is 6.96. The molecule has 3 rings (SSSR count). The maximum absolute atomic E-state index is 12.7. The number of nitrogens with one attached hydrogen (secondary N) is 1. The van der Waals surface area contributed by atoms with Crippen LogP contribution in [0.5, 0.6) is 5.75 Å². The number of likely N-dealkylation sites (tertiary alicyclic amines) is 1. The van der Waals surface area contributed by atoms with E-state index in [0.717, 1.165) is 25.0 Å². The largest absolute Gasteiger partial charge is 0.488 e. The zero-order chi connectivity index (χ0) is 18.4. The first-order chi connectivity index (χ1) is 12.6. The number of piperidine rings is 1. The maximum atomic E-state index is 12.7. The van der Waals surface area contributed by atoms with Crippen LogP contribution in [-0.4, -0.2) is 61.7 Å². The average molecular weight is 361 g/mol. The Morgan fingerprint density at radius 1 is 1.19 bits per heavy atom. The summed E-state index contributed by atoms with van der Waals surface area (Å²) in [7, 11) is 0. The quantitative estimate of drug-likeness (QED) is 0.771. The van der Waals surface area contributed by atoms with E-state index in [9.17, 15) is 9.59 Å². The van der Waals surface area contributed by atoms with Gasteiger partial charge in [0.1, 0.15) is 11.9 Å². The fourth-order valence-corrected chi connectivity index (χ4v) is 3.54.